The molecule has 0 spiro atoms. The molecule has 1 atom stereocenters. The van der Waals surface area contributed by atoms with Crippen molar-refractivity contribution in [3.63, 3.8) is 0 Å². The highest BCUT2D eigenvalue weighted by Crippen LogP contribution is 2.30. The Balaban J connectivity index is 2.95. The largest absolute Gasteiger partial charge is 0.493 e. The average molecular weight is 238 g/mol. The molecule has 5 heteroatoms. The summed E-state index contributed by atoms with van der Waals surface area (Å²) in [6.07, 6.45) is 0. The molecule has 0 aromatic heterocycles. The Morgan fingerprint density at radius 3 is 2.41 bits per heavy atom. The molecule has 0 saturated carbocycles. The van der Waals surface area contributed by atoms with Gasteiger partial charge in [0.25, 0.3) is 0 Å². The number of carbonyl (C=O) groups is 1. The van der Waals surface area contributed by atoms with Gasteiger partial charge >= 0.3 is 0 Å². The number of hydrazine groups is 1. The van der Waals surface area contributed by atoms with Gasteiger partial charge < -0.3 is 9.47 Å². The summed E-state index contributed by atoms with van der Waals surface area (Å²) in [7, 11) is 4.80. The Kier molecular flexibility index (Phi) is 4.78. The Morgan fingerprint density at radius 1 is 1.24 bits per heavy atom. The van der Waals surface area contributed by atoms with Crippen molar-refractivity contribution >= 4 is 5.91 Å². The van der Waals surface area contributed by atoms with Crippen LogP contribution < -0.4 is 20.3 Å². The van der Waals surface area contributed by atoms with Gasteiger partial charge in [-0.15, -0.1) is 0 Å². The van der Waals surface area contributed by atoms with Crippen LogP contribution in [0.1, 0.15) is 18.4 Å². The van der Waals surface area contributed by atoms with Crippen LogP contribution >= 0.6 is 0 Å². The molecule has 0 aliphatic carbocycles. The van der Waals surface area contributed by atoms with Gasteiger partial charge in [-0.1, -0.05) is 6.07 Å². The first-order valence-corrected chi connectivity index (χ1v) is 5.32. The van der Waals surface area contributed by atoms with Crippen LogP contribution in [0.15, 0.2) is 18.2 Å². The van der Waals surface area contributed by atoms with E-state index in [1.165, 1.54) is 0 Å². The third kappa shape index (κ3) is 3.10. The van der Waals surface area contributed by atoms with E-state index in [1.54, 1.807) is 33.4 Å². The van der Waals surface area contributed by atoms with Crippen molar-refractivity contribution in [2.45, 2.75) is 12.8 Å². The number of hydrogen-bond acceptors (Lipinski definition) is 4. The predicted octanol–water partition coefficient (Wildman–Crippen LogP) is 1.06. The van der Waals surface area contributed by atoms with Crippen LogP contribution in [-0.2, 0) is 4.79 Å². The van der Waals surface area contributed by atoms with Crippen LogP contribution in [0.5, 0.6) is 11.5 Å². The number of ether oxygens (including phenoxy) is 2. The molecule has 0 radical (unpaired) electrons. The van der Waals surface area contributed by atoms with Gasteiger partial charge in [-0.3, -0.25) is 10.2 Å². The maximum absolute atomic E-state index is 11.7. The maximum Gasteiger partial charge on any atom is 0.241 e. The molecule has 1 amide bonds. The van der Waals surface area contributed by atoms with Crippen LogP contribution in [0, 0.1) is 0 Å². The Hall–Kier alpha value is -1.75. The minimum atomic E-state index is -0.262. The normalized spacial score (nSPS) is 11.8. The molecule has 2 N–H and O–H groups in total. The highest BCUT2D eigenvalue weighted by molar-refractivity contribution is 5.83. The summed E-state index contributed by atoms with van der Waals surface area (Å²) >= 11 is 0. The molecule has 0 saturated heterocycles. The lowest BCUT2D eigenvalue weighted by molar-refractivity contribution is -0.123. The van der Waals surface area contributed by atoms with E-state index in [4.69, 9.17) is 9.47 Å². The number of rotatable bonds is 5. The molecule has 17 heavy (non-hydrogen) atoms. The fraction of sp³-hybridized carbons (Fsp3) is 0.417. The summed E-state index contributed by atoms with van der Waals surface area (Å²) in [4.78, 5) is 11.7. The molecule has 0 fully saturated rings. The van der Waals surface area contributed by atoms with E-state index < -0.39 is 0 Å². The van der Waals surface area contributed by atoms with Crippen LogP contribution in [0.4, 0.5) is 0 Å². The summed E-state index contributed by atoms with van der Waals surface area (Å²) in [5, 5.41) is 0. The van der Waals surface area contributed by atoms with E-state index in [-0.39, 0.29) is 11.8 Å². The van der Waals surface area contributed by atoms with E-state index in [0.717, 1.165) is 5.56 Å². The Labute approximate surface area is 101 Å². The van der Waals surface area contributed by atoms with Crippen LogP contribution in [0.25, 0.3) is 0 Å². The fourth-order valence-corrected chi connectivity index (χ4v) is 1.50. The predicted molar refractivity (Wildman–Crippen MR) is 65.2 cm³/mol. The van der Waals surface area contributed by atoms with E-state index in [1.807, 2.05) is 13.0 Å². The van der Waals surface area contributed by atoms with Crippen molar-refractivity contribution in [2.75, 3.05) is 21.3 Å². The van der Waals surface area contributed by atoms with Gasteiger partial charge in [0.2, 0.25) is 5.91 Å². The Morgan fingerprint density at radius 2 is 1.88 bits per heavy atom. The van der Waals surface area contributed by atoms with E-state index in [9.17, 15) is 4.79 Å². The van der Waals surface area contributed by atoms with Gasteiger partial charge in [0.1, 0.15) is 0 Å². The summed E-state index contributed by atoms with van der Waals surface area (Å²) in [6, 6.07) is 5.44. The smallest absolute Gasteiger partial charge is 0.241 e. The minimum Gasteiger partial charge on any atom is -0.493 e. The summed E-state index contributed by atoms with van der Waals surface area (Å²) < 4.78 is 10.3. The molecule has 0 bridgehead atoms. The Bertz CT molecular complexity index is 393. The first-order valence-electron chi connectivity index (χ1n) is 5.32. The van der Waals surface area contributed by atoms with Gasteiger partial charge in [-0.2, -0.15) is 0 Å². The van der Waals surface area contributed by atoms with Crippen molar-refractivity contribution in [3.05, 3.63) is 23.8 Å². The van der Waals surface area contributed by atoms with Crippen molar-refractivity contribution in [1.29, 1.82) is 0 Å². The monoisotopic (exact) mass is 238 g/mol. The topological polar surface area (TPSA) is 59.6 Å². The van der Waals surface area contributed by atoms with Crippen molar-refractivity contribution < 1.29 is 14.3 Å². The van der Waals surface area contributed by atoms with Crippen molar-refractivity contribution in [1.82, 2.24) is 10.9 Å². The lowest BCUT2D eigenvalue weighted by Crippen LogP contribution is -2.37. The third-order valence-electron chi connectivity index (χ3n) is 2.55. The zero-order chi connectivity index (χ0) is 12.8. The summed E-state index contributed by atoms with van der Waals surface area (Å²) in [6.45, 7) is 1.83. The summed E-state index contributed by atoms with van der Waals surface area (Å²) in [5.41, 5.74) is 6.03. The second kappa shape index (κ2) is 6.10. The quantitative estimate of drug-likeness (QED) is 0.753. The molecular weight excluding hydrogens is 220 g/mol. The first kappa shape index (κ1) is 13.3. The molecular formula is C12H18N2O3. The number of benzene rings is 1. The van der Waals surface area contributed by atoms with Crippen LogP contribution in [-0.4, -0.2) is 27.2 Å². The SMILES string of the molecule is CNNC(=O)C(C)c1ccc(OC)c(OC)c1. The summed E-state index contributed by atoms with van der Waals surface area (Å²) in [5.74, 6) is 0.911. The van der Waals surface area contributed by atoms with Gasteiger partial charge in [0, 0.05) is 7.05 Å². The van der Waals surface area contributed by atoms with Gasteiger partial charge in [0.15, 0.2) is 11.5 Å². The highest BCUT2D eigenvalue weighted by Gasteiger charge is 2.16. The second-order valence-corrected chi connectivity index (χ2v) is 3.58. The molecule has 1 unspecified atom stereocenters. The molecule has 1 aromatic rings. The number of amides is 1. The van der Waals surface area contributed by atoms with Crippen molar-refractivity contribution in [2.24, 2.45) is 0 Å². The zero-order valence-electron chi connectivity index (χ0n) is 10.5. The number of nitrogens with one attached hydrogen (secondary N) is 2. The molecule has 0 heterocycles. The van der Waals surface area contributed by atoms with Crippen molar-refractivity contribution in [3.8, 4) is 11.5 Å². The molecule has 0 aliphatic rings. The second-order valence-electron chi connectivity index (χ2n) is 3.58. The van der Waals surface area contributed by atoms with Gasteiger partial charge in [0.05, 0.1) is 20.1 Å². The number of carbonyl (C=O) groups excluding carboxylic acids is 1. The fourth-order valence-electron chi connectivity index (χ4n) is 1.50. The van der Waals surface area contributed by atoms with E-state index in [0.29, 0.717) is 11.5 Å². The standard InChI is InChI=1S/C12H18N2O3/c1-8(12(15)14-13-2)9-5-6-10(16-3)11(7-9)17-4/h5-8,13H,1-4H3,(H,14,15). The molecule has 0 aliphatic heterocycles. The average Bonchev–Trinajstić information content (AvgIpc) is 2.37. The zero-order valence-corrected chi connectivity index (χ0v) is 10.5. The van der Waals surface area contributed by atoms with Gasteiger partial charge in [-0.25, -0.2) is 5.43 Å². The lowest BCUT2D eigenvalue weighted by Gasteiger charge is -2.14. The van der Waals surface area contributed by atoms with E-state index >= 15 is 0 Å². The minimum absolute atomic E-state index is 0.0975. The van der Waals surface area contributed by atoms with Crippen LogP contribution in [0.3, 0.4) is 0 Å². The highest BCUT2D eigenvalue weighted by atomic mass is 16.5. The lowest BCUT2D eigenvalue weighted by atomic mass is 10.00. The van der Waals surface area contributed by atoms with Crippen LogP contribution in [0.2, 0.25) is 0 Å². The number of hydrogen-bond donors (Lipinski definition) is 2. The number of methoxy groups -OCH3 is 2. The molecule has 94 valence electrons. The van der Waals surface area contributed by atoms with E-state index in [2.05, 4.69) is 10.9 Å². The molecule has 5 nitrogen and oxygen atoms in total. The third-order valence-corrected chi connectivity index (χ3v) is 2.55. The molecule has 1 rings (SSSR count). The maximum atomic E-state index is 11.7. The van der Waals surface area contributed by atoms with Gasteiger partial charge in [-0.05, 0) is 24.6 Å². The molecule has 1 aromatic carbocycles. The first-order chi connectivity index (χ1) is 8.13.